The van der Waals surface area contributed by atoms with Gasteiger partial charge in [0.05, 0.1) is 4.08 Å². The molecule has 0 fully saturated rings. The van der Waals surface area contributed by atoms with E-state index in [-0.39, 0.29) is 58.4 Å². The van der Waals surface area contributed by atoms with Crippen LogP contribution in [0.2, 0.25) is 0 Å². The van der Waals surface area contributed by atoms with Gasteiger partial charge in [-0.3, -0.25) is 0 Å². The molecule has 0 amide bonds. The fourth-order valence-electron chi connectivity index (χ4n) is 4.33. The van der Waals surface area contributed by atoms with Crippen molar-refractivity contribution < 1.29 is 57.2 Å². The van der Waals surface area contributed by atoms with Crippen LogP contribution in [0.15, 0.2) is 34.1 Å². The smallest absolute Gasteiger partial charge is 0.170 e. The minimum Gasteiger partial charge on any atom is -0.665 e. The van der Waals surface area contributed by atoms with Crippen molar-refractivity contribution >= 4 is 36.5 Å². The summed E-state index contributed by atoms with van der Waals surface area (Å²) >= 11 is 3.61. The third-order valence-corrected chi connectivity index (χ3v) is 8.67. The fraction of sp³-hybridized carbons (Fsp3) is 0.576. The second-order valence-corrected chi connectivity index (χ2v) is 18.2. The van der Waals surface area contributed by atoms with Crippen LogP contribution >= 0.6 is 23.5 Å². The predicted octanol–water partition coefficient (Wildman–Crippen LogP) is 9.26. The Morgan fingerprint density at radius 1 is 0.610 bits per heavy atom. The Hall–Kier alpha value is -1.02. The molecule has 1 radical (unpaired) electrons. The Morgan fingerprint density at radius 3 is 1.12 bits per heavy atom. The first-order valence-electron chi connectivity index (χ1n) is 13.4. The normalized spacial score (nSPS) is 12.5. The Labute approximate surface area is 282 Å². The third kappa shape index (κ3) is 11.5. The van der Waals surface area contributed by atoms with Crippen LogP contribution in [0, 0.1) is 0 Å². The standard InChI is InChI=1S/C32H47O3S2.CHO2.Y/c1-28(2,3)22-15-20(16-23(26(22)34)29(4,5)6)36-32(13,14)37-21-17-24(30(7,8)9)27(35-19-33)25(18-21)31(10,11)12;2-1-3;/h15-18,34H,1-14H3;(H,2,3);/q2*-1;. The summed E-state index contributed by atoms with van der Waals surface area (Å²) in [6, 6.07) is 8.62. The van der Waals surface area contributed by atoms with E-state index in [4.69, 9.17) is 14.6 Å². The molecule has 2 N–H and O–H groups in total. The molecule has 0 aliphatic heterocycles. The maximum atomic E-state index is 11.3. The van der Waals surface area contributed by atoms with Crippen molar-refractivity contribution in [1.29, 1.82) is 0 Å². The maximum absolute atomic E-state index is 11.3. The van der Waals surface area contributed by atoms with Gasteiger partial charge in [0.25, 0.3) is 0 Å². The van der Waals surface area contributed by atoms with Crippen LogP contribution in [0.1, 0.15) is 119 Å². The monoisotopic (exact) mass is 677 g/mol. The van der Waals surface area contributed by atoms with Crippen molar-refractivity contribution in [3.05, 3.63) is 46.5 Å². The number of hydrogen-bond donors (Lipinski definition) is 2. The molecule has 2 aromatic rings. The minimum absolute atomic E-state index is 0. The van der Waals surface area contributed by atoms with Crippen molar-refractivity contribution in [1.82, 2.24) is 0 Å². The average molecular weight is 678 g/mol. The van der Waals surface area contributed by atoms with E-state index in [0.29, 0.717) is 18.0 Å². The third-order valence-electron chi connectivity index (χ3n) is 6.25. The number of phenols is 1. The summed E-state index contributed by atoms with van der Waals surface area (Å²) < 4.78 is 5.26. The molecule has 0 heterocycles. The zero-order chi connectivity index (χ0) is 31.5. The molecular weight excluding hydrogens is 629 g/mol. The van der Waals surface area contributed by atoms with Gasteiger partial charge in [-0.2, -0.15) is 0 Å². The van der Waals surface area contributed by atoms with E-state index in [2.05, 4.69) is 121 Å². The van der Waals surface area contributed by atoms with Gasteiger partial charge in [-0.25, -0.2) is 0 Å². The average Bonchev–Trinajstić information content (AvgIpc) is 2.72. The van der Waals surface area contributed by atoms with Gasteiger partial charge in [0.1, 0.15) is 5.75 Å². The van der Waals surface area contributed by atoms with Crippen LogP contribution in [-0.4, -0.2) is 27.2 Å². The summed E-state index contributed by atoms with van der Waals surface area (Å²) in [4.78, 5) is 21.8. The predicted molar refractivity (Wildman–Crippen MR) is 170 cm³/mol. The number of ether oxygens (including phenoxy) is 1. The van der Waals surface area contributed by atoms with Crippen LogP contribution in [0.4, 0.5) is 0 Å². The summed E-state index contributed by atoms with van der Waals surface area (Å²) in [5.74, 6) is 1.02. The Balaban J connectivity index is 0.00000382. The summed E-state index contributed by atoms with van der Waals surface area (Å²) in [5.41, 5.74) is 3.18. The molecule has 227 valence electrons. The Kier molecular flexibility index (Phi) is 14.3. The van der Waals surface area contributed by atoms with Gasteiger partial charge in [0.2, 0.25) is 0 Å². The topological polar surface area (TPSA) is 83.8 Å². The fourth-order valence-corrected chi connectivity index (χ4v) is 6.91. The van der Waals surface area contributed by atoms with Gasteiger partial charge in [-0.1, -0.05) is 113 Å². The molecule has 41 heavy (non-hydrogen) atoms. The molecule has 5 nitrogen and oxygen atoms in total. The number of benzene rings is 2. The zero-order valence-corrected chi connectivity index (χ0v) is 31.8. The molecule has 0 unspecified atom stereocenters. The molecule has 2 rings (SSSR count). The first-order valence-corrected chi connectivity index (χ1v) is 15.0. The van der Waals surface area contributed by atoms with Crippen molar-refractivity contribution in [2.75, 3.05) is 0 Å². The first kappa shape index (κ1) is 40.0. The number of aromatic hydroxyl groups is 1. The van der Waals surface area contributed by atoms with Crippen LogP contribution in [-0.2, 0) is 64.0 Å². The second-order valence-electron chi connectivity index (χ2n) is 14.6. The SMILES string of the molecule is CC(C)(Sc1cc(C(C)(C)C)c(O)c(C(C)(C)C)c1)Sc1cc(C(C)(C)C)c(O[C-]=O)c(C(C)(C)C)c1.O=[C-]O.[Y]. The zero-order valence-electron chi connectivity index (χ0n) is 27.3. The number of carbonyl (C=O) groups excluding carboxylic acids is 1. The minimum atomic E-state index is -0.208. The molecule has 0 atom stereocenters. The Bertz CT molecular complexity index is 1120. The van der Waals surface area contributed by atoms with Crippen molar-refractivity contribution in [2.45, 2.75) is 132 Å². The molecule has 0 aliphatic rings. The number of aliphatic hydroxyl groups excluding tert-OH is 1. The van der Waals surface area contributed by atoms with E-state index in [1.165, 1.54) is 0 Å². The van der Waals surface area contributed by atoms with Crippen LogP contribution in [0.25, 0.3) is 0 Å². The molecule has 0 spiro atoms. The number of rotatable bonds is 6. The van der Waals surface area contributed by atoms with Gasteiger partial charge < -0.3 is 24.5 Å². The number of phenolic OH excluding ortho intramolecular Hbond substituents is 1. The van der Waals surface area contributed by atoms with Crippen LogP contribution in [0.5, 0.6) is 11.5 Å². The maximum Gasteiger partial charge on any atom is 0.170 e. The van der Waals surface area contributed by atoms with Gasteiger partial charge in [0.15, 0.2) is 6.47 Å². The molecule has 0 saturated heterocycles. The van der Waals surface area contributed by atoms with Crippen molar-refractivity contribution in [3.8, 4) is 11.5 Å². The van der Waals surface area contributed by atoms with E-state index in [1.54, 1.807) is 18.2 Å². The van der Waals surface area contributed by atoms with Crippen LogP contribution < -0.4 is 4.74 Å². The second kappa shape index (κ2) is 14.6. The molecule has 0 bridgehead atoms. The van der Waals surface area contributed by atoms with E-state index in [9.17, 15) is 9.90 Å². The van der Waals surface area contributed by atoms with Gasteiger partial charge in [-0.05, 0) is 53.4 Å². The Morgan fingerprint density at radius 2 is 0.878 bits per heavy atom. The molecule has 0 aliphatic carbocycles. The number of hydrogen-bond acceptors (Lipinski definition) is 6. The summed E-state index contributed by atoms with van der Waals surface area (Å²) in [7, 11) is 0. The van der Waals surface area contributed by atoms with Crippen LogP contribution in [0.3, 0.4) is 0 Å². The van der Waals surface area contributed by atoms with E-state index < -0.39 is 0 Å². The molecule has 8 heteroatoms. The summed E-state index contributed by atoms with van der Waals surface area (Å²) in [6.07, 6.45) is 0. The quantitative estimate of drug-likeness (QED) is 0.179. The summed E-state index contributed by atoms with van der Waals surface area (Å²) in [6.45, 7) is 32.3. The van der Waals surface area contributed by atoms with Crippen molar-refractivity contribution in [3.63, 3.8) is 0 Å². The van der Waals surface area contributed by atoms with E-state index in [1.807, 2.05) is 11.8 Å². The largest absolute Gasteiger partial charge is 0.665 e. The molecule has 0 saturated carbocycles. The van der Waals surface area contributed by atoms with Gasteiger partial charge in [-0.15, -0.1) is 23.5 Å². The number of thioether (sulfide) groups is 2. The van der Waals surface area contributed by atoms with Crippen molar-refractivity contribution in [2.24, 2.45) is 0 Å². The molecule has 2 aromatic carbocycles. The first-order chi connectivity index (χ1) is 17.9. The van der Waals surface area contributed by atoms with E-state index in [0.717, 1.165) is 32.0 Å². The van der Waals surface area contributed by atoms with Gasteiger partial charge in [0, 0.05) is 53.6 Å². The molecule has 0 aromatic heterocycles. The van der Waals surface area contributed by atoms with E-state index >= 15 is 0 Å². The summed E-state index contributed by atoms with van der Waals surface area (Å²) in [5, 5.41) is 17.9. The molecular formula is C33H48O5S2Y-2. The van der Waals surface area contributed by atoms with Gasteiger partial charge >= 0.3 is 0 Å².